The highest BCUT2D eigenvalue weighted by atomic mass is 16.7. The fourth-order valence-corrected chi connectivity index (χ4v) is 6.34. The fraction of sp³-hybridized carbons (Fsp3) is 0.441. The highest BCUT2D eigenvalue weighted by molar-refractivity contribution is 5.91. The van der Waals surface area contributed by atoms with Crippen molar-refractivity contribution in [3.05, 3.63) is 53.1 Å². The Morgan fingerprint density at radius 1 is 0.618 bits per heavy atom. The molecule has 3 aromatic carbocycles. The Hall–Kier alpha value is -5.07. The number of fused-ring (bicyclic) bond motifs is 1. The number of aliphatic hydroxyl groups excluding tert-OH is 8. The number of phenols is 6. The van der Waals surface area contributed by atoms with Crippen LogP contribution in [0.3, 0.4) is 0 Å². The summed E-state index contributed by atoms with van der Waals surface area (Å²) in [6.45, 7) is -1.57. The van der Waals surface area contributed by atoms with Gasteiger partial charge in [0.05, 0.1) is 18.8 Å². The Morgan fingerprint density at radius 3 is 1.56 bits per heavy atom. The number of aliphatic hydroxyl groups is 8. The van der Waals surface area contributed by atoms with E-state index in [1.54, 1.807) is 0 Å². The Bertz CT molecular complexity index is 1840. The monoisotopic (exact) mass is 782 g/mol. The van der Waals surface area contributed by atoms with Gasteiger partial charge in [-0.1, -0.05) is 0 Å². The number of carbonyl (C=O) groups excluding carboxylic acids is 1. The lowest BCUT2D eigenvalue weighted by molar-refractivity contribution is -0.277. The molecule has 12 atom stereocenters. The Labute approximate surface area is 308 Å². The lowest BCUT2D eigenvalue weighted by atomic mass is 9.93. The molecule has 0 aliphatic carbocycles. The van der Waals surface area contributed by atoms with Crippen molar-refractivity contribution >= 4 is 5.97 Å². The predicted octanol–water partition coefficient (Wildman–Crippen LogP) is -2.82. The van der Waals surface area contributed by atoms with E-state index in [1.165, 1.54) is 0 Å². The van der Waals surface area contributed by atoms with Crippen LogP contribution in [0.2, 0.25) is 0 Å². The predicted molar refractivity (Wildman–Crippen MR) is 174 cm³/mol. The van der Waals surface area contributed by atoms with E-state index in [0.717, 1.165) is 36.4 Å². The molecule has 14 N–H and O–H groups in total. The summed E-state index contributed by atoms with van der Waals surface area (Å²) in [6, 6.07) is 5.73. The molecule has 21 nitrogen and oxygen atoms in total. The van der Waals surface area contributed by atoms with Crippen LogP contribution in [0, 0.1) is 0 Å². The number of carbonyl (C=O) groups is 1. The quantitative estimate of drug-likeness (QED) is 0.0973. The molecule has 6 rings (SSSR count). The van der Waals surface area contributed by atoms with E-state index in [9.17, 15) is 76.3 Å². The van der Waals surface area contributed by atoms with Gasteiger partial charge in [0.2, 0.25) is 24.1 Å². The summed E-state index contributed by atoms with van der Waals surface area (Å²) < 4.78 is 32.9. The number of benzene rings is 3. The molecular weight excluding hydrogens is 744 g/mol. The molecule has 0 amide bonds. The van der Waals surface area contributed by atoms with Gasteiger partial charge < -0.3 is 99.9 Å². The Morgan fingerprint density at radius 2 is 1.09 bits per heavy atom. The maximum atomic E-state index is 13.5. The highest BCUT2D eigenvalue weighted by Crippen LogP contribution is 2.47. The van der Waals surface area contributed by atoms with E-state index in [1.807, 2.05) is 0 Å². The van der Waals surface area contributed by atoms with Crippen molar-refractivity contribution in [3.63, 3.8) is 0 Å². The van der Waals surface area contributed by atoms with E-state index >= 15 is 0 Å². The van der Waals surface area contributed by atoms with E-state index in [-0.39, 0.29) is 23.3 Å². The van der Waals surface area contributed by atoms with Crippen molar-refractivity contribution in [2.45, 2.75) is 80.0 Å². The zero-order chi connectivity index (χ0) is 40.0. The number of esters is 1. The van der Waals surface area contributed by atoms with E-state index in [4.69, 9.17) is 28.4 Å². The first-order valence-electron chi connectivity index (χ1n) is 16.5. The standard InChI is InChI=1S/C34H38O21/c35-8-21-23(43)25(45)27(47)33(52-21)54-30-15(39)1-10(2-16(30)40)29-20(7-13-14(38)5-12(37)6-19(13)50-29)51-32(49)11-3-17(41)31(18(42)4-11)55-34-28(48)26(46)24(44)22(9-36)53-34/h1-6,20-29,33-48H,7-9H2/t20-,21-,22-,23-,24-,25+,26+,27-,28-,29-,33+,34+/m1/s1. The molecule has 55 heavy (non-hydrogen) atoms. The first-order chi connectivity index (χ1) is 26.0. The molecule has 3 heterocycles. The first kappa shape index (κ1) is 39.6. The van der Waals surface area contributed by atoms with Gasteiger partial charge in [0.1, 0.15) is 72.2 Å². The van der Waals surface area contributed by atoms with Gasteiger partial charge in [-0.25, -0.2) is 4.79 Å². The molecule has 0 saturated carbocycles. The zero-order valence-electron chi connectivity index (χ0n) is 28.1. The lowest BCUT2D eigenvalue weighted by Gasteiger charge is -2.39. The van der Waals surface area contributed by atoms with Gasteiger partial charge in [-0.15, -0.1) is 0 Å². The zero-order valence-corrected chi connectivity index (χ0v) is 28.1. The molecule has 0 aromatic heterocycles. The van der Waals surface area contributed by atoms with E-state index in [0.29, 0.717) is 0 Å². The van der Waals surface area contributed by atoms with Crippen LogP contribution in [0.25, 0.3) is 0 Å². The van der Waals surface area contributed by atoms with Gasteiger partial charge in [-0.3, -0.25) is 0 Å². The second-order valence-corrected chi connectivity index (χ2v) is 13.0. The smallest absolute Gasteiger partial charge is 0.338 e. The van der Waals surface area contributed by atoms with Crippen molar-refractivity contribution in [3.8, 4) is 51.7 Å². The molecule has 3 aromatic rings. The molecule has 3 aliphatic rings. The third-order valence-electron chi connectivity index (χ3n) is 9.28. The van der Waals surface area contributed by atoms with Gasteiger partial charge in [-0.05, 0) is 24.3 Å². The minimum absolute atomic E-state index is 0.0665. The fourth-order valence-electron chi connectivity index (χ4n) is 6.34. The molecule has 3 aliphatic heterocycles. The number of ether oxygens (including phenoxy) is 6. The molecule has 0 unspecified atom stereocenters. The summed E-state index contributed by atoms with van der Waals surface area (Å²) in [5.74, 6) is -6.91. The van der Waals surface area contributed by atoms with Crippen LogP contribution in [0.4, 0.5) is 0 Å². The first-order valence-corrected chi connectivity index (χ1v) is 16.5. The number of hydrogen-bond acceptors (Lipinski definition) is 21. The number of hydrogen-bond donors (Lipinski definition) is 14. The highest BCUT2D eigenvalue weighted by Gasteiger charge is 2.47. The maximum absolute atomic E-state index is 13.5. The second-order valence-electron chi connectivity index (χ2n) is 13.0. The summed E-state index contributed by atoms with van der Waals surface area (Å²) in [4.78, 5) is 13.5. The summed E-state index contributed by atoms with van der Waals surface area (Å²) >= 11 is 0. The summed E-state index contributed by atoms with van der Waals surface area (Å²) in [5, 5.41) is 144. The van der Waals surface area contributed by atoms with Crippen LogP contribution in [0.1, 0.15) is 27.6 Å². The average molecular weight is 783 g/mol. The van der Waals surface area contributed by atoms with Crippen LogP contribution >= 0.6 is 0 Å². The molecule has 2 fully saturated rings. The van der Waals surface area contributed by atoms with Crippen molar-refractivity contribution in [2.75, 3.05) is 13.2 Å². The van der Waals surface area contributed by atoms with Crippen molar-refractivity contribution < 1.29 is 105 Å². The minimum atomic E-state index is -1.90. The minimum Gasteiger partial charge on any atom is -0.508 e. The molecule has 0 radical (unpaired) electrons. The maximum Gasteiger partial charge on any atom is 0.338 e. The largest absolute Gasteiger partial charge is 0.508 e. The van der Waals surface area contributed by atoms with Crippen LogP contribution < -0.4 is 14.2 Å². The van der Waals surface area contributed by atoms with Crippen molar-refractivity contribution in [2.24, 2.45) is 0 Å². The molecule has 21 heteroatoms. The Kier molecular flexibility index (Phi) is 11.2. The normalized spacial score (nSPS) is 31.9. The lowest BCUT2D eigenvalue weighted by Crippen LogP contribution is -2.60. The van der Waals surface area contributed by atoms with Crippen LogP contribution in [-0.2, 0) is 20.6 Å². The van der Waals surface area contributed by atoms with Gasteiger partial charge >= 0.3 is 5.97 Å². The van der Waals surface area contributed by atoms with Gasteiger partial charge in [0, 0.05) is 29.7 Å². The summed E-state index contributed by atoms with van der Waals surface area (Å²) in [6.07, 6.45) is -20.4. The molecule has 300 valence electrons. The molecule has 0 bridgehead atoms. The van der Waals surface area contributed by atoms with Crippen LogP contribution in [-0.4, -0.2) is 158 Å². The molecule has 0 spiro atoms. The number of rotatable bonds is 9. The molecular formula is C34H38O21. The SMILES string of the molecule is O=C(O[C@@H]1Cc2c(O)cc(O)cc2O[C@@H]1c1cc(O)c(O[C@@H]2O[C@H](CO)[C@@H](O)[C@H](O)[C@H]2O)c(O)c1)c1cc(O)c(O[C@@H]2O[C@H](CO)[C@@H](O)[C@H](O)[C@H]2O)c(O)c1. The average Bonchev–Trinajstić information content (AvgIpc) is 3.14. The van der Waals surface area contributed by atoms with Gasteiger partial charge in [-0.2, -0.15) is 0 Å². The second kappa shape index (κ2) is 15.6. The summed E-state index contributed by atoms with van der Waals surface area (Å²) in [5.41, 5.74) is -0.502. The summed E-state index contributed by atoms with van der Waals surface area (Å²) in [7, 11) is 0. The van der Waals surface area contributed by atoms with Crippen molar-refractivity contribution in [1.29, 1.82) is 0 Å². The van der Waals surface area contributed by atoms with Gasteiger partial charge in [0.25, 0.3) is 0 Å². The number of phenolic OH excluding ortho intramolecular Hbond substituents is 6. The third-order valence-corrected chi connectivity index (χ3v) is 9.28. The van der Waals surface area contributed by atoms with E-state index < -0.39 is 144 Å². The topological polar surface area (TPSA) is 356 Å². The third kappa shape index (κ3) is 7.62. The van der Waals surface area contributed by atoms with Crippen LogP contribution in [0.5, 0.6) is 51.7 Å². The van der Waals surface area contributed by atoms with Gasteiger partial charge in [0.15, 0.2) is 29.1 Å². The van der Waals surface area contributed by atoms with Crippen molar-refractivity contribution in [1.82, 2.24) is 0 Å². The van der Waals surface area contributed by atoms with Crippen LogP contribution in [0.15, 0.2) is 36.4 Å². The number of aromatic hydroxyl groups is 6. The Balaban J connectivity index is 1.26. The van der Waals surface area contributed by atoms with E-state index in [2.05, 4.69) is 0 Å². The molecule has 2 saturated heterocycles.